The number of alkyl halides is 3. The number of rotatable bonds is 12. The first-order valence-corrected chi connectivity index (χ1v) is 13.6. The number of aryl methyl sites for hydroxylation is 2. The number of carbonyl (C=O) groups excluding carboxylic acids is 1. The number of sulfonamides is 1. The zero-order valence-corrected chi connectivity index (χ0v) is 22.6. The van der Waals surface area contributed by atoms with Gasteiger partial charge in [-0.25, -0.2) is 18.1 Å². The van der Waals surface area contributed by atoms with Crippen molar-refractivity contribution >= 4 is 27.5 Å². The fourth-order valence-corrected chi connectivity index (χ4v) is 4.56. The number of ether oxygens (including phenoxy) is 3. The number of pyridine rings is 1. The first kappa shape index (κ1) is 30.2. The summed E-state index contributed by atoms with van der Waals surface area (Å²) in [6.07, 6.45) is -3.52. The summed E-state index contributed by atoms with van der Waals surface area (Å²) in [6, 6.07) is 11.5. The van der Waals surface area contributed by atoms with Crippen molar-refractivity contribution in [3.63, 3.8) is 0 Å². The molecule has 0 radical (unpaired) electrons. The molecule has 3 rings (SSSR count). The van der Waals surface area contributed by atoms with Crippen molar-refractivity contribution in [2.45, 2.75) is 37.3 Å². The predicted octanol–water partition coefficient (Wildman–Crippen LogP) is 5.57. The summed E-state index contributed by atoms with van der Waals surface area (Å²) >= 11 is 5.99. The average Bonchev–Trinajstić information content (AvgIpc) is 2.88. The van der Waals surface area contributed by atoms with Crippen LogP contribution >= 0.6 is 11.6 Å². The molecule has 0 saturated carbocycles. The van der Waals surface area contributed by atoms with Gasteiger partial charge in [0.05, 0.1) is 17.1 Å². The van der Waals surface area contributed by atoms with Crippen LogP contribution in [0.5, 0.6) is 17.4 Å². The second-order valence-electron chi connectivity index (χ2n) is 8.25. The molecule has 1 amide bonds. The lowest BCUT2D eigenvalue weighted by Gasteiger charge is -2.15. The number of aromatic nitrogens is 1. The van der Waals surface area contributed by atoms with E-state index in [1.807, 2.05) is 11.6 Å². The molecule has 1 aromatic heterocycles. The number of nitrogens with one attached hydrogen (secondary N) is 1. The molecule has 39 heavy (non-hydrogen) atoms. The molecular weight excluding hydrogens is 561 g/mol. The Balaban J connectivity index is 1.78. The van der Waals surface area contributed by atoms with E-state index in [2.05, 4.69) is 4.98 Å². The second kappa shape index (κ2) is 13.1. The Bertz CT molecular complexity index is 1400. The summed E-state index contributed by atoms with van der Waals surface area (Å²) in [4.78, 5) is 16.2. The number of methoxy groups -OCH3 is 1. The van der Waals surface area contributed by atoms with Gasteiger partial charge in [-0.05, 0) is 48.2 Å². The van der Waals surface area contributed by atoms with E-state index in [9.17, 15) is 26.4 Å². The monoisotopic (exact) mass is 586 g/mol. The standard InChI is InChI=1S/C26H26ClF3N2O6S/c1-3-17-4-9-21(10-5-17)39(34,35)32-24(33)11-7-18-6-8-20(37-13-12-36-2)15-23(18)38-25-22(27)14-19(16-31-25)26(28,29)30/h4-6,8-10,14-16H,3,7,11-13H2,1-2H3,(H,32,33). The molecular formula is C26H26ClF3N2O6S. The number of nitrogens with zero attached hydrogens (tertiary/aromatic N) is 1. The molecule has 0 spiro atoms. The molecule has 0 saturated heterocycles. The van der Waals surface area contributed by atoms with Gasteiger partial charge in [0.25, 0.3) is 10.0 Å². The van der Waals surface area contributed by atoms with Crippen LogP contribution in [-0.4, -0.2) is 39.6 Å². The third-order valence-electron chi connectivity index (χ3n) is 5.45. The summed E-state index contributed by atoms with van der Waals surface area (Å²) in [7, 11) is -2.57. The minimum Gasteiger partial charge on any atom is -0.491 e. The first-order chi connectivity index (χ1) is 18.4. The molecule has 13 heteroatoms. The zero-order chi connectivity index (χ0) is 28.6. The quantitative estimate of drug-likeness (QED) is 0.277. The molecule has 1 N–H and O–H groups in total. The molecule has 210 valence electrons. The normalized spacial score (nSPS) is 11.7. The predicted molar refractivity (Wildman–Crippen MR) is 138 cm³/mol. The minimum atomic E-state index is -4.64. The topological polar surface area (TPSA) is 104 Å². The van der Waals surface area contributed by atoms with Gasteiger partial charge in [-0.3, -0.25) is 4.79 Å². The van der Waals surface area contributed by atoms with Gasteiger partial charge >= 0.3 is 6.18 Å². The molecule has 0 fully saturated rings. The van der Waals surface area contributed by atoms with Gasteiger partial charge in [0, 0.05) is 25.8 Å². The van der Waals surface area contributed by atoms with E-state index in [1.54, 1.807) is 24.3 Å². The van der Waals surface area contributed by atoms with E-state index in [4.69, 9.17) is 25.8 Å². The van der Waals surface area contributed by atoms with Crippen LogP contribution < -0.4 is 14.2 Å². The fourth-order valence-electron chi connectivity index (χ4n) is 3.34. The van der Waals surface area contributed by atoms with Crippen LogP contribution in [0.15, 0.2) is 59.6 Å². The largest absolute Gasteiger partial charge is 0.491 e. The van der Waals surface area contributed by atoms with Crippen molar-refractivity contribution in [3.8, 4) is 17.4 Å². The third-order valence-corrected chi connectivity index (χ3v) is 7.11. The zero-order valence-electron chi connectivity index (χ0n) is 21.0. The number of halogens is 4. The summed E-state index contributed by atoms with van der Waals surface area (Å²) < 4.78 is 82.4. The Labute approximate surface area is 229 Å². The highest BCUT2D eigenvalue weighted by molar-refractivity contribution is 7.90. The van der Waals surface area contributed by atoms with E-state index in [1.165, 1.54) is 25.3 Å². The van der Waals surface area contributed by atoms with Gasteiger partial charge in [-0.1, -0.05) is 36.7 Å². The van der Waals surface area contributed by atoms with E-state index < -0.39 is 27.7 Å². The van der Waals surface area contributed by atoms with Gasteiger partial charge in [-0.2, -0.15) is 13.2 Å². The Morgan fingerprint density at radius 3 is 2.41 bits per heavy atom. The molecule has 2 aromatic carbocycles. The van der Waals surface area contributed by atoms with Gasteiger partial charge in [0.2, 0.25) is 11.8 Å². The Morgan fingerprint density at radius 1 is 1.08 bits per heavy atom. The summed E-state index contributed by atoms with van der Waals surface area (Å²) in [5.41, 5.74) is 0.343. The Morgan fingerprint density at radius 2 is 1.79 bits per heavy atom. The molecule has 0 aliphatic carbocycles. The maximum Gasteiger partial charge on any atom is 0.417 e. The number of carbonyl (C=O) groups is 1. The third kappa shape index (κ3) is 8.57. The molecule has 8 nitrogen and oxygen atoms in total. The maximum atomic E-state index is 13.0. The number of hydrogen-bond donors (Lipinski definition) is 1. The lowest BCUT2D eigenvalue weighted by atomic mass is 10.1. The van der Waals surface area contributed by atoms with Crippen LogP contribution in [0.3, 0.4) is 0 Å². The molecule has 0 aliphatic heterocycles. The van der Waals surface area contributed by atoms with Gasteiger partial charge in [0.15, 0.2) is 0 Å². The van der Waals surface area contributed by atoms with Crippen molar-refractivity contribution in [2.75, 3.05) is 20.3 Å². The molecule has 0 bridgehead atoms. The van der Waals surface area contributed by atoms with Crippen LogP contribution in [0.25, 0.3) is 0 Å². The average molecular weight is 587 g/mol. The number of amides is 1. The van der Waals surface area contributed by atoms with E-state index in [-0.39, 0.29) is 41.0 Å². The Kier molecular flexibility index (Phi) is 10.2. The lowest BCUT2D eigenvalue weighted by molar-refractivity contribution is -0.137. The highest BCUT2D eigenvalue weighted by atomic mass is 35.5. The van der Waals surface area contributed by atoms with Crippen LogP contribution in [0.1, 0.15) is 30.0 Å². The van der Waals surface area contributed by atoms with Crippen LogP contribution in [0, 0.1) is 0 Å². The highest BCUT2D eigenvalue weighted by Crippen LogP contribution is 2.36. The fraction of sp³-hybridized carbons (Fsp3) is 0.308. The lowest BCUT2D eigenvalue weighted by Crippen LogP contribution is -2.30. The van der Waals surface area contributed by atoms with Crippen molar-refractivity contribution in [1.29, 1.82) is 0 Å². The number of hydrogen-bond acceptors (Lipinski definition) is 7. The number of benzene rings is 2. The van der Waals surface area contributed by atoms with Crippen LogP contribution in [0.2, 0.25) is 5.02 Å². The van der Waals surface area contributed by atoms with Crippen molar-refractivity contribution in [2.24, 2.45) is 0 Å². The highest BCUT2D eigenvalue weighted by Gasteiger charge is 2.32. The summed E-state index contributed by atoms with van der Waals surface area (Å²) in [6.45, 7) is 2.46. The molecule has 0 aliphatic rings. The molecule has 3 aromatic rings. The summed E-state index contributed by atoms with van der Waals surface area (Å²) in [5.74, 6) is -0.574. The SMILES string of the molecule is CCc1ccc(S(=O)(=O)NC(=O)CCc2ccc(OCCOC)cc2Oc2ncc(C(F)(F)F)cc2Cl)cc1. The molecule has 1 heterocycles. The van der Waals surface area contributed by atoms with Gasteiger partial charge in [0.1, 0.15) is 23.1 Å². The van der Waals surface area contributed by atoms with Gasteiger partial charge in [-0.15, -0.1) is 0 Å². The first-order valence-electron chi connectivity index (χ1n) is 11.7. The van der Waals surface area contributed by atoms with Crippen LogP contribution in [0.4, 0.5) is 13.2 Å². The van der Waals surface area contributed by atoms with E-state index >= 15 is 0 Å². The smallest absolute Gasteiger partial charge is 0.417 e. The Hall–Kier alpha value is -3.35. The maximum absolute atomic E-state index is 13.0. The molecule has 0 atom stereocenters. The van der Waals surface area contributed by atoms with Gasteiger partial charge < -0.3 is 14.2 Å². The molecule has 0 unspecified atom stereocenters. The van der Waals surface area contributed by atoms with Crippen LogP contribution in [-0.2, 0) is 38.6 Å². The van der Waals surface area contributed by atoms with Crippen molar-refractivity contribution in [3.05, 3.63) is 76.4 Å². The van der Waals surface area contributed by atoms with Crippen molar-refractivity contribution in [1.82, 2.24) is 9.71 Å². The van der Waals surface area contributed by atoms with E-state index in [0.29, 0.717) is 30.2 Å². The second-order valence-corrected chi connectivity index (χ2v) is 10.3. The minimum absolute atomic E-state index is 0.0298. The summed E-state index contributed by atoms with van der Waals surface area (Å²) in [5, 5.41) is -0.376. The van der Waals surface area contributed by atoms with E-state index in [0.717, 1.165) is 12.0 Å². The van der Waals surface area contributed by atoms with Crippen molar-refractivity contribution < 1.29 is 40.6 Å².